The van der Waals surface area contributed by atoms with E-state index in [0.717, 1.165) is 36.3 Å². The van der Waals surface area contributed by atoms with Gasteiger partial charge in [-0.2, -0.15) is 0 Å². The molecule has 0 unspecified atom stereocenters. The normalized spacial score (nSPS) is 18.9. The predicted octanol–water partition coefficient (Wildman–Crippen LogP) is 3.24. The van der Waals surface area contributed by atoms with Crippen molar-refractivity contribution in [1.82, 2.24) is 5.32 Å². The number of hydrogen-bond acceptors (Lipinski definition) is 3. The van der Waals surface area contributed by atoms with Crippen LogP contribution < -0.4 is 14.8 Å². The number of benzene rings is 1. The van der Waals surface area contributed by atoms with E-state index >= 15 is 0 Å². The van der Waals surface area contributed by atoms with Crippen LogP contribution in [0.25, 0.3) is 0 Å². The quantitative estimate of drug-likeness (QED) is 0.847. The summed E-state index contributed by atoms with van der Waals surface area (Å²) < 4.78 is 10.6. The van der Waals surface area contributed by atoms with Crippen molar-refractivity contribution >= 4 is 5.91 Å². The number of allylic oxidation sites excluding steroid dienone is 2. The standard InChI is InChI=1S/C17H23NO3/c1-12(18-17(19)13-7-5-4-6-8-13)15-11-14(20-2)9-10-16(15)21-3/h4-5,9-13H,6-8H2,1-3H3,(H,18,19)/t12-,13-/m1/s1. The van der Waals surface area contributed by atoms with E-state index in [1.807, 2.05) is 25.1 Å². The van der Waals surface area contributed by atoms with Crippen LogP contribution in [0.1, 0.15) is 37.8 Å². The third-order valence-electron chi connectivity index (χ3n) is 3.90. The Morgan fingerprint density at radius 3 is 2.71 bits per heavy atom. The van der Waals surface area contributed by atoms with E-state index in [-0.39, 0.29) is 17.9 Å². The van der Waals surface area contributed by atoms with Crippen LogP contribution in [0.15, 0.2) is 30.4 Å². The van der Waals surface area contributed by atoms with Gasteiger partial charge >= 0.3 is 0 Å². The number of ether oxygens (including phenoxy) is 2. The first-order valence-corrected chi connectivity index (χ1v) is 7.33. The summed E-state index contributed by atoms with van der Waals surface area (Å²) in [7, 11) is 3.26. The van der Waals surface area contributed by atoms with E-state index in [4.69, 9.17) is 9.47 Å². The lowest BCUT2D eigenvalue weighted by atomic mass is 9.93. The van der Waals surface area contributed by atoms with Crippen LogP contribution in [0.5, 0.6) is 11.5 Å². The molecular weight excluding hydrogens is 266 g/mol. The summed E-state index contributed by atoms with van der Waals surface area (Å²) in [6, 6.07) is 5.50. The Kier molecular flexibility index (Phi) is 5.26. The van der Waals surface area contributed by atoms with Gasteiger partial charge in [0.25, 0.3) is 0 Å². The average Bonchev–Trinajstić information content (AvgIpc) is 2.54. The van der Waals surface area contributed by atoms with Crippen molar-refractivity contribution < 1.29 is 14.3 Å². The van der Waals surface area contributed by atoms with Crippen LogP contribution in [-0.4, -0.2) is 20.1 Å². The molecule has 0 saturated carbocycles. The number of amides is 1. The van der Waals surface area contributed by atoms with Crippen LogP contribution in [0, 0.1) is 5.92 Å². The number of rotatable bonds is 5. The average molecular weight is 289 g/mol. The molecule has 1 amide bonds. The second-order valence-electron chi connectivity index (χ2n) is 5.32. The lowest BCUT2D eigenvalue weighted by Gasteiger charge is -2.22. The summed E-state index contributed by atoms with van der Waals surface area (Å²) >= 11 is 0. The third-order valence-corrected chi connectivity index (χ3v) is 3.90. The second-order valence-corrected chi connectivity index (χ2v) is 5.32. The zero-order valence-electron chi connectivity index (χ0n) is 12.9. The molecule has 2 rings (SSSR count). The zero-order chi connectivity index (χ0) is 15.2. The summed E-state index contributed by atoms with van der Waals surface area (Å²) in [5.41, 5.74) is 0.927. The van der Waals surface area contributed by atoms with Crippen LogP contribution >= 0.6 is 0 Å². The number of nitrogens with one attached hydrogen (secondary N) is 1. The Balaban J connectivity index is 2.10. The van der Waals surface area contributed by atoms with Crippen molar-refractivity contribution in [2.24, 2.45) is 5.92 Å². The van der Waals surface area contributed by atoms with Gasteiger partial charge in [0.15, 0.2) is 0 Å². The third kappa shape index (κ3) is 3.78. The monoisotopic (exact) mass is 289 g/mol. The molecule has 1 N–H and O–H groups in total. The molecule has 0 bridgehead atoms. The van der Waals surface area contributed by atoms with E-state index in [1.54, 1.807) is 14.2 Å². The number of methoxy groups -OCH3 is 2. The van der Waals surface area contributed by atoms with Gasteiger partial charge in [-0.25, -0.2) is 0 Å². The highest BCUT2D eigenvalue weighted by Crippen LogP contribution is 2.30. The molecular formula is C17H23NO3. The predicted molar refractivity (Wildman–Crippen MR) is 82.6 cm³/mol. The molecule has 1 aromatic carbocycles. The molecule has 1 aromatic rings. The van der Waals surface area contributed by atoms with Gasteiger partial charge in [-0.15, -0.1) is 0 Å². The SMILES string of the molecule is COc1ccc(OC)c([C@@H](C)NC(=O)[C@@H]2CC=CCC2)c1. The van der Waals surface area contributed by atoms with Crippen molar-refractivity contribution in [3.63, 3.8) is 0 Å². The maximum atomic E-state index is 12.3. The van der Waals surface area contributed by atoms with Crippen LogP contribution in [-0.2, 0) is 4.79 Å². The van der Waals surface area contributed by atoms with Crippen molar-refractivity contribution in [2.45, 2.75) is 32.2 Å². The summed E-state index contributed by atoms with van der Waals surface area (Å²) in [6.45, 7) is 1.97. The zero-order valence-corrected chi connectivity index (χ0v) is 12.9. The summed E-state index contributed by atoms with van der Waals surface area (Å²) in [5, 5.41) is 3.08. The minimum atomic E-state index is -0.117. The molecule has 0 radical (unpaired) electrons. The number of carbonyl (C=O) groups is 1. The fraction of sp³-hybridized carbons (Fsp3) is 0.471. The second kappa shape index (κ2) is 7.16. The fourth-order valence-corrected chi connectivity index (χ4v) is 2.62. The Labute approximate surface area is 126 Å². The molecule has 0 spiro atoms. The molecule has 0 aromatic heterocycles. The minimum Gasteiger partial charge on any atom is -0.497 e. The van der Waals surface area contributed by atoms with E-state index in [2.05, 4.69) is 17.5 Å². The molecule has 0 saturated heterocycles. The Morgan fingerprint density at radius 1 is 1.29 bits per heavy atom. The number of carbonyl (C=O) groups excluding carboxylic acids is 1. The Hall–Kier alpha value is -1.97. The first-order chi connectivity index (χ1) is 10.2. The van der Waals surface area contributed by atoms with Crippen LogP contribution in [0.4, 0.5) is 0 Å². The van der Waals surface area contributed by atoms with Crippen molar-refractivity contribution in [3.8, 4) is 11.5 Å². The lowest BCUT2D eigenvalue weighted by Crippen LogP contribution is -2.33. The van der Waals surface area contributed by atoms with Crippen LogP contribution in [0.2, 0.25) is 0 Å². The van der Waals surface area contributed by atoms with Gasteiger partial charge in [0.2, 0.25) is 5.91 Å². The lowest BCUT2D eigenvalue weighted by molar-refractivity contribution is -0.125. The molecule has 0 fully saturated rings. The van der Waals surface area contributed by atoms with Gasteiger partial charge in [-0.3, -0.25) is 4.79 Å². The maximum absolute atomic E-state index is 12.3. The maximum Gasteiger partial charge on any atom is 0.223 e. The molecule has 1 aliphatic carbocycles. The van der Waals surface area contributed by atoms with Gasteiger partial charge in [-0.05, 0) is 44.4 Å². The molecule has 4 heteroatoms. The number of hydrogen-bond donors (Lipinski definition) is 1. The smallest absolute Gasteiger partial charge is 0.223 e. The van der Waals surface area contributed by atoms with Gasteiger partial charge in [0.1, 0.15) is 11.5 Å². The van der Waals surface area contributed by atoms with Gasteiger partial charge in [-0.1, -0.05) is 12.2 Å². The Bertz CT molecular complexity index is 525. The van der Waals surface area contributed by atoms with Gasteiger partial charge in [0.05, 0.1) is 20.3 Å². The van der Waals surface area contributed by atoms with Crippen molar-refractivity contribution in [2.75, 3.05) is 14.2 Å². The summed E-state index contributed by atoms with van der Waals surface area (Å²) in [5.74, 6) is 1.70. The van der Waals surface area contributed by atoms with Crippen LogP contribution in [0.3, 0.4) is 0 Å². The molecule has 2 atom stereocenters. The van der Waals surface area contributed by atoms with Gasteiger partial charge < -0.3 is 14.8 Å². The van der Waals surface area contributed by atoms with E-state index < -0.39 is 0 Å². The highest BCUT2D eigenvalue weighted by atomic mass is 16.5. The molecule has 1 aliphatic rings. The Morgan fingerprint density at radius 2 is 2.10 bits per heavy atom. The molecule has 21 heavy (non-hydrogen) atoms. The van der Waals surface area contributed by atoms with E-state index in [0.29, 0.717) is 0 Å². The minimum absolute atomic E-state index is 0.0778. The summed E-state index contributed by atoms with van der Waals surface area (Å²) in [6.07, 6.45) is 6.95. The van der Waals surface area contributed by atoms with Crippen molar-refractivity contribution in [1.29, 1.82) is 0 Å². The summed E-state index contributed by atoms with van der Waals surface area (Å²) in [4.78, 5) is 12.3. The van der Waals surface area contributed by atoms with E-state index in [9.17, 15) is 4.79 Å². The molecule has 0 aliphatic heterocycles. The first-order valence-electron chi connectivity index (χ1n) is 7.33. The molecule has 114 valence electrons. The highest BCUT2D eigenvalue weighted by molar-refractivity contribution is 5.79. The van der Waals surface area contributed by atoms with E-state index in [1.165, 1.54) is 0 Å². The highest BCUT2D eigenvalue weighted by Gasteiger charge is 2.22. The fourth-order valence-electron chi connectivity index (χ4n) is 2.62. The van der Waals surface area contributed by atoms with Crippen molar-refractivity contribution in [3.05, 3.63) is 35.9 Å². The molecule has 4 nitrogen and oxygen atoms in total. The van der Waals surface area contributed by atoms with Gasteiger partial charge in [0, 0.05) is 11.5 Å². The first kappa shape index (κ1) is 15.4. The largest absolute Gasteiger partial charge is 0.497 e. The molecule has 0 heterocycles. The topological polar surface area (TPSA) is 47.6 Å².